The lowest BCUT2D eigenvalue weighted by atomic mass is 10.2. The summed E-state index contributed by atoms with van der Waals surface area (Å²) >= 11 is 0. The van der Waals surface area contributed by atoms with Gasteiger partial charge in [0.25, 0.3) is 0 Å². The second-order valence-electron chi connectivity index (χ2n) is 4.52. The number of aliphatic hydroxyl groups excluding tert-OH is 1. The van der Waals surface area contributed by atoms with Gasteiger partial charge >= 0.3 is 5.97 Å². The molecule has 0 saturated heterocycles. The zero-order chi connectivity index (χ0) is 14.7. The average Bonchev–Trinajstić information content (AvgIpc) is 2.76. The first-order valence-corrected chi connectivity index (χ1v) is 6.07. The lowest BCUT2D eigenvalue weighted by Crippen LogP contribution is -2.43. The largest absolute Gasteiger partial charge is 0.480 e. The molecule has 2 aromatic heterocycles. The Morgan fingerprint density at radius 2 is 2.25 bits per heavy atom. The van der Waals surface area contributed by atoms with E-state index < -0.39 is 24.5 Å². The normalized spacial score (nSPS) is 12.3. The van der Waals surface area contributed by atoms with Crippen LogP contribution in [0.5, 0.6) is 0 Å². The number of fused-ring (bicyclic) bond motifs is 1. The van der Waals surface area contributed by atoms with Crippen molar-refractivity contribution < 1.29 is 19.8 Å². The zero-order valence-corrected chi connectivity index (χ0v) is 10.9. The number of nitrogens with one attached hydrogen (secondary N) is 1. The molecule has 2 heterocycles. The summed E-state index contributed by atoms with van der Waals surface area (Å²) in [6, 6.07) is 2.52. The number of carboxylic acid groups (broad SMARTS) is 1. The third-order valence-corrected chi connectivity index (χ3v) is 2.82. The molecule has 0 aliphatic rings. The fourth-order valence-electron chi connectivity index (χ4n) is 1.82. The highest BCUT2D eigenvalue weighted by atomic mass is 16.4. The highest BCUT2D eigenvalue weighted by molar-refractivity contribution is 5.84. The zero-order valence-electron chi connectivity index (χ0n) is 10.9. The number of carbonyl (C=O) groups excluding carboxylic acids is 1. The Kier molecular flexibility index (Phi) is 3.99. The molecular formula is C13H15N3O4. The summed E-state index contributed by atoms with van der Waals surface area (Å²) < 4.78 is 1.79. The van der Waals surface area contributed by atoms with Gasteiger partial charge in [0.1, 0.15) is 11.7 Å². The fourth-order valence-corrected chi connectivity index (χ4v) is 1.82. The van der Waals surface area contributed by atoms with Crippen molar-refractivity contribution in [1.29, 1.82) is 0 Å². The Morgan fingerprint density at radius 1 is 1.50 bits per heavy atom. The molecule has 0 aliphatic carbocycles. The maximum absolute atomic E-state index is 11.7. The molecular weight excluding hydrogens is 262 g/mol. The minimum Gasteiger partial charge on any atom is -0.480 e. The van der Waals surface area contributed by atoms with E-state index in [4.69, 9.17) is 10.2 Å². The van der Waals surface area contributed by atoms with Crippen LogP contribution < -0.4 is 5.32 Å². The van der Waals surface area contributed by atoms with E-state index in [1.165, 1.54) is 0 Å². The number of aliphatic hydroxyl groups is 1. The molecule has 2 aromatic rings. The maximum Gasteiger partial charge on any atom is 0.328 e. The van der Waals surface area contributed by atoms with Crippen molar-refractivity contribution in [2.45, 2.75) is 19.4 Å². The SMILES string of the molecule is Cc1ccn2cc(CC(=O)NC(CO)C(=O)O)nc2c1. The van der Waals surface area contributed by atoms with Crippen LogP contribution >= 0.6 is 0 Å². The third-order valence-electron chi connectivity index (χ3n) is 2.82. The number of rotatable bonds is 5. The predicted molar refractivity (Wildman–Crippen MR) is 70.3 cm³/mol. The van der Waals surface area contributed by atoms with E-state index in [1.807, 2.05) is 25.3 Å². The van der Waals surface area contributed by atoms with E-state index >= 15 is 0 Å². The number of carbonyl (C=O) groups is 2. The average molecular weight is 277 g/mol. The Labute approximate surface area is 114 Å². The number of carboxylic acids is 1. The van der Waals surface area contributed by atoms with Crippen molar-refractivity contribution in [2.75, 3.05) is 6.61 Å². The van der Waals surface area contributed by atoms with E-state index in [0.29, 0.717) is 5.69 Å². The van der Waals surface area contributed by atoms with Crippen LogP contribution in [-0.2, 0) is 16.0 Å². The molecule has 0 aliphatic heterocycles. The van der Waals surface area contributed by atoms with E-state index in [9.17, 15) is 9.59 Å². The first-order valence-electron chi connectivity index (χ1n) is 6.07. The van der Waals surface area contributed by atoms with Gasteiger partial charge in [0, 0.05) is 12.4 Å². The first kappa shape index (κ1) is 14.0. The van der Waals surface area contributed by atoms with Crippen LogP contribution in [0.3, 0.4) is 0 Å². The third kappa shape index (κ3) is 3.12. The van der Waals surface area contributed by atoms with Crippen LogP contribution in [0.15, 0.2) is 24.5 Å². The molecule has 1 atom stereocenters. The summed E-state index contributed by atoms with van der Waals surface area (Å²) in [6.45, 7) is 1.30. The Morgan fingerprint density at radius 3 is 2.90 bits per heavy atom. The molecule has 106 valence electrons. The van der Waals surface area contributed by atoms with Gasteiger partial charge in [-0.2, -0.15) is 0 Å². The van der Waals surface area contributed by atoms with Gasteiger partial charge in [-0.1, -0.05) is 0 Å². The quantitative estimate of drug-likeness (QED) is 0.699. The number of amides is 1. The number of imidazole rings is 1. The molecule has 0 fully saturated rings. The van der Waals surface area contributed by atoms with E-state index in [-0.39, 0.29) is 6.42 Å². The Balaban J connectivity index is 2.08. The lowest BCUT2D eigenvalue weighted by molar-refractivity contribution is -0.142. The minimum atomic E-state index is -1.29. The number of aryl methyl sites for hydroxylation is 1. The molecule has 0 aromatic carbocycles. The van der Waals surface area contributed by atoms with Gasteiger partial charge in [-0.05, 0) is 24.6 Å². The van der Waals surface area contributed by atoms with E-state index in [0.717, 1.165) is 11.2 Å². The van der Waals surface area contributed by atoms with Crippen LogP contribution in [0.2, 0.25) is 0 Å². The fraction of sp³-hybridized carbons (Fsp3) is 0.308. The number of hydrogen-bond acceptors (Lipinski definition) is 4. The van der Waals surface area contributed by atoms with Crippen LogP contribution in [0.4, 0.5) is 0 Å². The molecule has 2 rings (SSSR count). The molecule has 1 unspecified atom stereocenters. The van der Waals surface area contributed by atoms with Gasteiger partial charge in [-0.15, -0.1) is 0 Å². The number of hydrogen-bond donors (Lipinski definition) is 3. The van der Waals surface area contributed by atoms with Crippen molar-refractivity contribution in [3.63, 3.8) is 0 Å². The first-order chi connectivity index (χ1) is 9.49. The Hall–Kier alpha value is -2.41. The molecule has 0 spiro atoms. The van der Waals surface area contributed by atoms with Crippen molar-refractivity contribution >= 4 is 17.5 Å². The van der Waals surface area contributed by atoms with Gasteiger partial charge in [0.05, 0.1) is 18.7 Å². The summed E-state index contributed by atoms with van der Waals surface area (Å²) in [5.41, 5.74) is 2.32. The number of nitrogens with zero attached hydrogens (tertiary/aromatic N) is 2. The summed E-state index contributed by atoms with van der Waals surface area (Å²) in [5, 5.41) is 19.8. The van der Waals surface area contributed by atoms with Crippen LogP contribution in [0, 0.1) is 6.92 Å². The minimum absolute atomic E-state index is 0.0372. The van der Waals surface area contributed by atoms with Gasteiger partial charge < -0.3 is 19.9 Å². The summed E-state index contributed by atoms with van der Waals surface area (Å²) in [5.74, 6) is -1.77. The topological polar surface area (TPSA) is 104 Å². The standard InChI is InChI=1S/C13H15N3O4/c1-8-2-3-16-6-9(14-11(16)4-8)5-12(18)15-10(7-17)13(19)20/h2-4,6,10,17H,5,7H2,1H3,(H,15,18)(H,19,20). The predicted octanol–water partition coefficient (Wildman–Crippen LogP) is -0.253. The highest BCUT2D eigenvalue weighted by Crippen LogP contribution is 2.08. The number of aromatic nitrogens is 2. The summed E-state index contributed by atoms with van der Waals surface area (Å²) in [4.78, 5) is 26.7. The van der Waals surface area contributed by atoms with E-state index in [1.54, 1.807) is 10.6 Å². The number of pyridine rings is 1. The molecule has 0 radical (unpaired) electrons. The van der Waals surface area contributed by atoms with Crippen LogP contribution in [0.1, 0.15) is 11.3 Å². The van der Waals surface area contributed by atoms with Gasteiger partial charge in [-0.25, -0.2) is 9.78 Å². The van der Waals surface area contributed by atoms with Crippen molar-refractivity contribution in [3.8, 4) is 0 Å². The highest BCUT2D eigenvalue weighted by Gasteiger charge is 2.19. The Bertz CT molecular complexity index is 650. The summed E-state index contributed by atoms with van der Waals surface area (Å²) in [7, 11) is 0. The monoisotopic (exact) mass is 277 g/mol. The van der Waals surface area contributed by atoms with Crippen LogP contribution in [-0.4, -0.2) is 44.1 Å². The smallest absolute Gasteiger partial charge is 0.328 e. The molecule has 20 heavy (non-hydrogen) atoms. The second kappa shape index (κ2) is 5.70. The van der Waals surface area contributed by atoms with Gasteiger partial charge in [-0.3, -0.25) is 4.79 Å². The number of aliphatic carboxylic acids is 1. The van der Waals surface area contributed by atoms with Gasteiger partial charge in [0.2, 0.25) is 5.91 Å². The molecule has 7 nitrogen and oxygen atoms in total. The molecule has 7 heteroatoms. The molecule has 0 saturated carbocycles. The van der Waals surface area contributed by atoms with Crippen LogP contribution in [0.25, 0.3) is 5.65 Å². The molecule has 1 amide bonds. The lowest BCUT2D eigenvalue weighted by Gasteiger charge is -2.10. The van der Waals surface area contributed by atoms with E-state index in [2.05, 4.69) is 10.3 Å². The van der Waals surface area contributed by atoms with Crippen molar-refractivity contribution in [3.05, 3.63) is 35.8 Å². The van der Waals surface area contributed by atoms with Gasteiger partial charge in [0.15, 0.2) is 0 Å². The summed E-state index contributed by atoms with van der Waals surface area (Å²) in [6.07, 6.45) is 3.51. The second-order valence-corrected chi connectivity index (χ2v) is 4.52. The van der Waals surface area contributed by atoms with Crippen molar-refractivity contribution in [1.82, 2.24) is 14.7 Å². The molecule has 0 bridgehead atoms. The molecule has 3 N–H and O–H groups in total. The maximum atomic E-state index is 11.7. The van der Waals surface area contributed by atoms with Crippen molar-refractivity contribution in [2.24, 2.45) is 0 Å².